The van der Waals surface area contributed by atoms with E-state index in [1.165, 1.54) is 44.2 Å². The fourth-order valence-electron chi connectivity index (χ4n) is 11.3. The van der Waals surface area contributed by atoms with Gasteiger partial charge >= 0.3 is 0 Å². The Morgan fingerprint density at radius 2 is 0.667 bits per heavy atom. The number of para-hydroxylation sites is 4. The van der Waals surface area contributed by atoms with Gasteiger partial charge in [-0.15, -0.1) is 0 Å². The number of anilines is 3. The van der Waals surface area contributed by atoms with E-state index < -0.39 is 0 Å². The molecule has 352 valence electrons. The first-order valence-electron chi connectivity index (χ1n) is 25.7. The van der Waals surface area contributed by atoms with E-state index in [2.05, 4.69) is 295 Å². The van der Waals surface area contributed by atoms with Gasteiger partial charge in [0.25, 0.3) is 0 Å². The number of rotatable bonds is 10. The molecule has 75 heavy (non-hydrogen) atoms. The molecule has 0 N–H and O–H groups in total. The standard InChI is InChI=1S/C72H48N2O/c1-4-17-49(18-5-1)52-37-43-57(44-38-52)73(58-45-39-53(40-46-58)50-19-6-2-7-20-50)59-47-41-54(42-48-59)51-33-35-56(36-34-51)60-23-10-12-30-67(60)74-68-31-16-25-61(55-21-8-3-9-22-55)70(68)66-29-14-26-63(71(66)74)65-28-15-27-64-62-24-11-13-32-69(62)75-72(64)65/h1-48H. The maximum Gasteiger partial charge on any atom is 0.143 e. The number of aromatic nitrogens is 1. The first kappa shape index (κ1) is 43.8. The number of fused-ring (bicyclic) bond motifs is 6. The second-order valence-electron chi connectivity index (χ2n) is 19.2. The van der Waals surface area contributed by atoms with Crippen LogP contribution >= 0.6 is 0 Å². The number of furan rings is 1. The average molecular weight is 957 g/mol. The highest BCUT2D eigenvalue weighted by atomic mass is 16.3. The molecule has 0 radical (unpaired) electrons. The molecule has 0 amide bonds. The van der Waals surface area contributed by atoms with Gasteiger partial charge in [-0.1, -0.05) is 237 Å². The monoisotopic (exact) mass is 956 g/mol. The molecular formula is C72H48N2O. The Bertz CT molecular complexity index is 4260. The molecule has 0 aliphatic rings. The SMILES string of the molecule is c1ccc(-c2ccc(N(c3ccc(-c4ccccc4)cc3)c3ccc(-c4ccc(-c5ccccc5-n5c6cccc(-c7ccccc7)c6c6cccc(-c7cccc8c7oc7ccccc78)c65)cc4)cc3)cc2)cc1. The lowest BCUT2D eigenvalue weighted by Gasteiger charge is -2.26. The van der Waals surface area contributed by atoms with Crippen molar-refractivity contribution in [2.45, 2.75) is 0 Å². The molecule has 2 heterocycles. The van der Waals surface area contributed by atoms with Crippen LogP contribution in [0.25, 0.3) is 116 Å². The molecule has 3 nitrogen and oxygen atoms in total. The van der Waals surface area contributed by atoms with Crippen LogP contribution in [0.5, 0.6) is 0 Å². The van der Waals surface area contributed by atoms with Gasteiger partial charge in [-0.3, -0.25) is 0 Å². The number of nitrogens with zero attached hydrogens (tertiary/aromatic N) is 2. The summed E-state index contributed by atoms with van der Waals surface area (Å²) in [4.78, 5) is 2.34. The number of benzene rings is 12. The molecule has 0 aliphatic heterocycles. The molecule has 14 aromatic rings. The van der Waals surface area contributed by atoms with Crippen LogP contribution in [0.2, 0.25) is 0 Å². The van der Waals surface area contributed by atoms with Crippen LogP contribution in [-0.2, 0) is 0 Å². The first-order chi connectivity index (χ1) is 37.2. The smallest absolute Gasteiger partial charge is 0.143 e. The molecule has 3 heteroatoms. The highest BCUT2D eigenvalue weighted by Gasteiger charge is 2.23. The first-order valence-corrected chi connectivity index (χ1v) is 25.7. The molecule has 0 spiro atoms. The summed E-state index contributed by atoms with van der Waals surface area (Å²) in [7, 11) is 0. The lowest BCUT2D eigenvalue weighted by atomic mass is 9.96. The van der Waals surface area contributed by atoms with Crippen LogP contribution in [0.1, 0.15) is 0 Å². The van der Waals surface area contributed by atoms with Gasteiger partial charge in [-0.2, -0.15) is 0 Å². The minimum Gasteiger partial charge on any atom is -0.455 e. The maximum absolute atomic E-state index is 6.72. The van der Waals surface area contributed by atoms with Crippen LogP contribution in [0.4, 0.5) is 17.1 Å². The Morgan fingerprint density at radius 3 is 1.27 bits per heavy atom. The zero-order chi connectivity index (χ0) is 49.7. The highest BCUT2D eigenvalue weighted by Crippen LogP contribution is 2.46. The van der Waals surface area contributed by atoms with Crippen molar-refractivity contribution < 1.29 is 4.42 Å². The van der Waals surface area contributed by atoms with E-state index >= 15 is 0 Å². The van der Waals surface area contributed by atoms with E-state index in [1.54, 1.807) is 0 Å². The quantitative estimate of drug-likeness (QED) is 0.136. The van der Waals surface area contributed by atoms with Crippen molar-refractivity contribution in [3.8, 4) is 72.4 Å². The van der Waals surface area contributed by atoms with Gasteiger partial charge in [0.2, 0.25) is 0 Å². The Hall–Kier alpha value is -9.96. The second-order valence-corrected chi connectivity index (χ2v) is 19.2. The zero-order valence-electron chi connectivity index (χ0n) is 41.0. The number of hydrogen-bond donors (Lipinski definition) is 0. The van der Waals surface area contributed by atoms with Crippen LogP contribution in [0, 0.1) is 0 Å². The molecule has 0 aliphatic carbocycles. The summed E-state index contributed by atoms with van der Waals surface area (Å²) in [5.41, 5.74) is 22.4. The zero-order valence-corrected chi connectivity index (χ0v) is 41.0. The van der Waals surface area contributed by atoms with E-state index in [9.17, 15) is 0 Å². The molecular weight excluding hydrogens is 909 g/mol. The van der Waals surface area contributed by atoms with Gasteiger partial charge in [0.1, 0.15) is 11.2 Å². The third-order valence-corrected chi connectivity index (χ3v) is 14.9. The van der Waals surface area contributed by atoms with Crippen molar-refractivity contribution in [2.24, 2.45) is 0 Å². The summed E-state index contributed by atoms with van der Waals surface area (Å²) in [6.45, 7) is 0. The van der Waals surface area contributed by atoms with E-state index in [4.69, 9.17) is 4.42 Å². The molecule has 0 atom stereocenters. The van der Waals surface area contributed by atoms with E-state index in [0.717, 1.165) is 89.1 Å². The molecule has 0 saturated carbocycles. The Balaban J connectivity index is 0.857. The normalized spacial score (nSPS) is 11.5. The molecule has 0 unspecified atom stereocenters. The van der Waals surface area contributed by atoms with Crippen LogP contribution in [0.15, 0.2) is 296 Å². The molecule has 0 saturated heterocycles. The summed E-state index contributed by atoms with van der Waals surface area (Å²) in [5.74, 6) is 0. The fraction of sp³-hybridized carbons (Fsp3) is 0. The lowest BCUT2D eigenvalue weighted by Crippen LogP contribution is -2.09. The van der Waals surface area contributed by atoms with E-state index in [-0.39, 0.29) is 0 Å². The van der Waals surface area contributed by atoms with Crippen molar-refractivity contribution in [3.05, 3.63) is 291 Å². The van der Waals surface area contributed by atoms with Crippen molar-refractivity contribution >= 4 is 60.8 Å². The van der Waals surface area contributed by atoms with Crippen LogP contribution in [0.3, 0.4) is 0 Å². The summed E-state index contributed by atoms with van der Waals surface area (Å²) in [6, 6.07) is 105. The fourth-order valence-corrected chi connectivity index (χ4v) is 11.3. The minimum atomic E-state index is 0.890. The predicted molar refractivity (Wildman–Crippen MR) is 315 cm³/mol. The van der Waals surface area contributed by atoms with Gasteiger partial charge in [-0.25, -0.2) is 0 Å². The Morgan fingerprint density at radius 1 is 0.267 bits per heavy atom. The summed E-state index contributed by atoms with van der Waals surface area (Å²) in [6.07, 6.45) is 0. The molecule has 12 aromatic carbocycles. The van der Waals surface area contributed by atoms with Crippen LogP contribution in [-0.4, -0.2) is 4.57 Å². The van der Waals surface area contributed by atoms with E-state index in [1.807, 2.05) is 6.07 Å². The predicted octanol–water partition coefficient (Wildman–Crippen LogP) is 20.2. The highest BCUT2D eigenvalue weighted by molar-refractivity contribution is 6.21. The van der Waals surface area contributed by atoms with Gasteiger partial charge in [0.05, 0.1) is 16.7 Å². The Labute approximate surface area is 436 Å². The average Bonchev–Trinajstić information content (AvgIpc) is 4.05. The topological polar surface area (TPSA) is 21.3 Å². The van der Waals surface area contributed by atoms with Crippen molar-refractivity contribution in [2.75, 3.05) is 4.90 Å². The van der Waals surface area contributed by atoms with Crippen LogP contribution < -0.4 is 4.90 Å². The molecule has 14 rings (SSSR count). The second kappa shape index (κ2) is 18.6. The lowest BCUT2D eigenvalue weighted by molar-refractivity contribution is 0.670. The largest absolute Gasteiger partial charge is 0.455 e. The number of hydrogen-bond acceptors (Lipinski definition) is 2. The maximum atomic E-state index is 6.72. The molecule has 0 bridgehead atoms. The third-order valence-electron chi connectivity index (χ3n) is 14.9. The summed E-state index contributed by atoms with van der Waals surface area (Å²) in [5, 5.41) is 4.64. The molecule has 2 aromatic heterocycles. The summed E-state index contributed by atoms with van der Waals surface area (Å²) >= 11 is 0. The van der Waals surface area contributed by atoms with Gasteiger partial charge in [-0.05, 0) is 105 Å². The minimum absolute atomic E-state index is 0.890. The summed E-state index contributed by atoms with van der Waals surface area (Å²) < 4.78 is 9.22. The van der Waals surface area contributed by atoms with Crippen molar-refractivity contribution in [3.63, 3.8) is 0 Å². The van der Waals surface area contributed by atoms with Crippen molar-refractivity contribution in [1.29, 1.82) is 0 Å². The van der Waals surface area contributed by atoms with Gasteiger partial charge in [0.15, 0.2) is 0 Å². The Kier molecular flexibility index (Phi) is 10.8. The third kappa shape index (κ3) is 7.78. The van der Waals surface area contributed by atoms with Gasteiger partial charge < -0.3 is 13.9 Å². The van der Waals surface area contributed by atoms with E-state index in [0.29, 0.717) is 0 Å². The molecule has 0 fully saturated rings. The van der Waals surface area contributed by atoms with Gasteiger partial charge in [0, 0.05) is 55.3 Å². The van der Waals surface area contributed by atoms with Crippen molar-refractivity contribution in [1.82, 2.24) is 4.57 Å².